The van der Waals surface area contributed by atoms with Crippen molar-refractivity contribution in [3.05, 3.63) is 21.8 Å². The van der Waals surface area contributed by atoms with Gasteiger partial charge in [-0.25, -0.2) is 0 Å². The van der Waals surface area contributed by atoms with Crippen molar-refractivity contribution in [1.29, 1.82) is 0 Å². The number of nitrogens with two attached hydrogens (primary N) is 1. The smallest absolute Gasteiger partial charge is 0.120 e. The minimum Gasteiger partial charge on any atom is -0.493 e. The molecule has 0 bridgehead atoms. The molecular formula is C10H12INO. The summed E-state index contributed by atoms with van der Waals surface area (Å²) in [6.07, 6.45) is 2.65. The maximum atomic E-state index is 5.69. The first kappa shape index (κ1) is 9.12. The fourth-order valence-corrected chi connectivity index (χ4v) is 1.58. The molecule has 2 N–H and O–H groups in total. The Kier molecular flexibility index (Phi) is 2.62. The molecule has 13 heavy (non-hydrogen) atoms. The van der Waals surface area contributed by atoms with Crippen molar-refractivity contribution in [2.45, 2.75) is 12.8 Å². The van der Waals surface area contributed by atoms with Gasteiger partial charge in [-0.1, -0.05) is 0 Å². The molecule has 0 aliphatic heterocycles. The van der Waals surface area contributed by atoms with Gasteiger partial charge in [0.1, 0.15) is 5.75 Å². The second-order valence-corrected chi connectivity index (χ2v) is 4.60. The Balaban J connectivity index is 1.98. The highest BCUT2D eigenvalue weighted by molar-refractivity contribution is 14.1. The van der Waals surface area contributed by atoms with Crippen LogP contribution in [0.4, 0.5) is 5.69 Å². The molecule has 0 atom stereocenters. The summed E-state index contributed by atoms with van der Waals surface area (Å²) < 4.78 is 6.67. The largest absolute Gasteiger partial charge is 0.493 e. The van der Waals surface area contributed by atoms with E-state index in [1.807, 2.05) is 18.2 Å². The van der Waals surface area contributed by atoms with E-state index in [9.17, 15) is 0 Å². The third-order valence-electron chi connectivity index (χ3n) is 2.15. The Morgan fingerprint density at radius 1 is 1.46 bits per heavy atom. The highest BCUT2D eigenvalue weighted by Gasteiger charge is 2.21. The Bertz CT molecular complexity index is 310. The van der Waals surface area contributed by atoms with E-state index in [1.54, 1.807) is 0 Å². The second kappa shape index (κ2) is 3.74. The average molecular weight is 289 g/mol. The average Bonchev–Trinajstić information content (AvgIpc) is 2.91. The molecule has 1 aliphatic rings. The summed E-state index contributed by atoms with van der Waals surface area (Å²) in [6, 6.07) is 5.81. The summed E-state index contributed by atoms with van der Waals surface area (Å²) in [4.78, 5) is 0. The van der Waals surface area contributed by atoms with E-state index in [4.69, 9.17) is 10.5 Å². The lowest BCUT2D eigenvalue weighted by Crippen LogP contribution is -1.99. The van der Waals surface area contributed by atoms with Gasteiger partial charge in [0, 0.05) is 9.26 Å². The van der Waals surface area contributed by atoms with Crippen LogP contribution in [0.3, 0.4) is 0 Å². The SMILES string of the molecule is Nc1ccc(OCC2CC2)cc1I. The van der Waals surface area contributed by atoms with Crippen LogP contribution in [-0.2, 0) is 0 Å². The van der Waals surface area contributed by atoms with Gasteiger partial charge in [-0.15, -0.1) is 0 Å². The lowest BCUT2D eigenvalue weighted by Gasteiger charge is -2.06. The van der Waals surface area contributed by atoms with Gasteiger partial charge in [-0.3, -0.25) is 0 Å². The molecule has 1 aliphatic carbocycles. The minimum absolute atomic E-state index is 0.801. The molecule has 0 spiro atoms. The van der Waals surface area contributed by atoms with Gasteiger partial charge < -0.3 is 10.5 Å². The number of benzene rings is 1. The lowest BCUT2D eigenvalue weighted by molar-refractivity contribution is 0.299. The molecule has 0 radical (unpaired) electrons. The van der Waals surface area contributed by atoms with Gasteiger partial charge in [0.25, 0.3) is 0 Å². The topological polar surface area (TPSA) is 35.2 Å². The molecule has 0 aromatic heterocycles. The predicted octanol–water partition coefficient (Wildman–Crippen LogP) is 2.66. The maximum absolute atomic E-state index is 5.69. The molecule has 0 unspecified atom stereocenters. The van der Waals surface area contributed by atoms with Crippen LogP contribution in [0, 0.1) is 9.49 Å². The summed E-state index contributed by atoms with van der Waals surface area (Å²) in [6.45, 7) is 0.861. The van der Waals surface area contributed by atoms with Crippen LogP contribution in [0.15, 0.2) is 18.2 Å². The quantitative estimate of drug-likeness (QED) is 0.686. The number of ether oxygens (including phenoxy) is 1. The van der Waals surface area contributed by atoms with Gasteiger partial charge >= 0.3 is 0 Å². The fourth-order valence-electron chi connectivity index (χ4n) is 1.10. The summed E-state index contributed by atoms with van der Waals surface area (Å²) >= 11 is 2.22. The molecular weight excluding hydrogens is 277 g/mol. The van der Waals surface area contributed by atoms with E-state index < -0.39 is 0 Å². The molecule has 70 valence electrons. The van der Waals surface area contributed by atoms with E-state index in [-0.39, 0.29) is 0 Å². The summed E-state index contributed by atoms with van der Waals surface area (Å²) in [7, 11) is 0. The number of halogens is 1. The monoisotopic (exact) mass is 289 g/mol. The molecule has 2 nitrogen and oxygen atoms in total. The normalized spacial score (nSPS) is 15.8. The van der Waals surface area contributed by atoms with Crippen LogP contribution in [0.5, 0.6) is 5.75 Å². The minimum atomic E-state index is 0.801. The Morgan fingerprint density at radius 2 is 2.23 bits per heavy atom. The number of hydrogen-bond acceptors (Lipinski definition) is 2. The molecule has 2 rings (SSSR count). The maximum Gasteiger partial charge on any atom is 0.120 e. The first-order valence-corrected chi connectivity index (χ1v) is 5.51. The van der Waals surface area contributed by atoms with E-state index in [1.165, 1.54) is 12.8 Å². The van der Waals surface area contributed by atoms with Crippen molar-refractivity contribution in [3.63, 3.8) is 0 Å². The highest BCUT2D eigenvalue weighted by Crippen LogP contribution is 2.30. The Labute approximate surface area is 91.6 Å². The van der Waals surface area contributed by atoms with E-state index in [2.05, 4.69) is 22.6 Å². The summed E-state index contributed by atoms with van der Waals surface area (Å²) in [5, 5.41) is 0. The van der Waals surface area contributed by atoms with E-state index >= 15 is 0 Å². The molecule has 0 heterocycles. The van der Waals surface area contributed by atoms with Crippen molar-refractivity contribution in [3.8, 4) is 5.75 Å². The van der Waals surface area contributed by atoms with Crippen molar-refractivity contribution in [2.24, 2.45) is 5.92 Å². The van der Waals surface area contributed by atoms with Gasteiger partial charge in [-0.05, 0) is 59.5 Å². The van der Waals surface area contributed by atoms with Gasteiger partial charge in [0.15, 0.2) is 0 Å². The number of hydrogen-bond donors (Lipinski definition) is 1. The van der Waals surface area contributed by atoms with Crippen molar-refractivity contribution in [2.75, 3.05) is 12.3 Å². The predicted molar refractivity (Wildman–Crippen MR) is 61.8 cm³/mol. The summed E-state index contributed by atoms with van der Waals surface area (Å²) in [5.41, 5.74) is 6.51. The highest BCUT2D eigenvalue weighted by atomic mass is 127. The third-order valence-corrected chi connectivity index (χ3v) is 3.09. The van der Waals surface area contributed by atoms with Crippen molar-refractivity contribution < 1.29 is 4.74 Å². The Morgan fingerprint density at radius 3 is 2.85 bits per heavy atom. The second-order valence-electron chi connectivity index (χ2n) is 3.44. The number of anilines is 1. The molecule has 1 saturated carbocycles. The molecule has 0 amide bonds. The zero-order valence-corrected chi connectivity index (χ0v) is 9.45. The van der Waals surface area contributed by atoms with Crippen LogP contribution in [0.2, 0.25) is 0 Å². The first-order chi connectivity index (χ1) is 6.25. The van der Waals surface area contributed by atoms with E-state index in [0.717, 1.165) is 27.5 Å². The standard InChI is InChI=1S/C10H12INO/c11-9-5-8(3-4-10(9)12)13-6-7-1-2-7/h3-5,7H,1-2,6,12H2. The number of rotatable bonds is 3. The lowest BCUT2D eigenvalue weighted by atomic mass is 10.3. The van der Waals surface area contributed by atoms with E-state index in [0.29, 0.717) is 0 Å². The molecule has 1 aromatic rings. The Hall–Kier alpha value is -0.450. The van der Waals surface area contributed by atoms with Crippen LogP contribution >= 0.6 is 22.6 Å². The van der Waals surface area contributed by atoms with Crippen LogP contribution in [0.1, 0.15) is 12.8 Å². The van der Waals surface area contributed by atoms with Gasteiger partial charge in [0.2, 0.25) is 0 Å². The zero-order chi connectivity index (χ0) is 9.26. The summed E-state index contributed by atoms with van der Waals surface area (Å²) in [5.74, 6) is 1.74. The van der Waals surface area contributed by atoms with Crippen molar-refractivity contribution >= 4 is 28.3 Å². The molecule has 1 aromatic carbocycles. The van der Waals surface area contributed by atoms with Gasteiger partial charge in [0.05, 0.1) is 6.61 Å². The zero-order valence-electron chi connectivity index (χ0n) is 7.29. The number of nitrogen functional groups attached to an aromatic ring is 1. The molecule has 0 saturated heterocycles. The molecule has 1 fully saturated rings. The van der Waals surface area contributed by atoms with Crippen molar-refractivity contribution in [1.82, 2.24) is 0 Å². The van der Waals surface area contributed by atoms with Crippen LogP contribution in [-0.4, -0.2) is 6.61 Å². The first-order valence-electron chi connectivity index (χ1n) is 4.43. The molecule has 3 heteroatoms. The fraction of sp³-hybridized carbons (Fsp3) is 0.400. The third kappa shape index (κ3) is 2.49. The van der Waals surface area contributed by atoms with Crippen LogP contribution in [0.25, 0.3) is 0 Å². The van der Waals surface area contributed by atoms with Crippen LogP contribution < -0.4 is 10.5 Å². The van der Waals surface area contributed by atoms with Gasteiger partial charge in [-0.2, -0.15) is 0 Å².